The van der Waals surface area contributed by atoms with E-state index in [2.05, 4.69) is 32.5 Å². The summed E-state index contributed by atoms with van der Waals surface area (Å²) in [5.74, 6) is 0.846. The zero-order chi connectivity index (χ0) is 18.5. The summed E-state index contributed by atoms with van der Waals surface area (Å²) in [5.41, 5.74) is 1.98. The van der Waals surface area contributed by atoms with Gasteiger partial charge in [0.2, 0.25) is 0 Å². The summed E-state index contributed by atoms with van der Waals surface area (Å²) in [7, 11) is 3.72. The van der Waals surface area contributed by atoms with Crippen LogP contribution in [-0.4, -0.2) is 45.9 Å². The number of rotatable bonds is 7. The van der Waals surface area contributed by atoms with E-state index in [1.807, 2.05) is 36.1 Å². The summed E-state index contributed by atoms with van der Waals surface area (Å²) >= 11 is 3.26. The van der Waals surface area contributed by atoms with Gasteiger partial charge in [-0.3, -0.25) is 4.40 Å². The van der Waals surface area contributed by atoms with Gasteiger partial charge in [-0.2, -0.15) is 0 Å². The second-order valence-electron chi connectivity index (χ2n) is 5.91. The molecule has 0 bridgehead atoms. The number of nitrogens with zero attached hydrogens (tertiary/aromatic N) is 5. The van der Waals surface area contributed by atoms with E-state index in [0.717, 1.165) is 33.9 Å². The fraction of sp³-hybridized carbons (Fsp3) is 0.471. The van der Waals surface area contributed by atoms with Gasteiger partial charge in [0.05, 0.1) is 24.5 Å². The Morgan fingerprint density at radius 3 is 2.96 bits per heavy atom. The molecule has 1 atom stereocenters. The Labute approximate surface area is 161 Å². The average molecular weight is 393 g/mol. The average Bonchev–Trinajstić information content (AvgIpc) is 3.33. The van der Waals surface area contributed by atoms with Gasteiger partial charge in [-0.15, -0.1) is 22.7 Å². The third-order valence-electron chi connectivity index (χ3n) is 3.90. The Bertz CT molecular complexity index is 839. The first-order valence-electron chi connectivity index (χ1n) is 8.48. The lowest BCUT2D eigenvalue weighted by Gasteiger charge is -2.21. The number of thiazole rings is 2. The second-order valence-corrected chi connectivity index (χ2v) is 7.67. The van der Waals surface area contributed by atoms with E-state index in [-0.39, 0.29) is 6.10 Å². The van der Waals surface area contributed by atoms with Gasteiger partial charge in [-0.25, -0.2) is 15.0 Å². The number of aromatic nitrogens is 3. The van der Waals surface area contributed by atoms with Crippen molar-refractivity contribution in [2.45, 2.75) is 33.0 Å². The molecule has 0 saturated carbocycles. The molecule has 0 aliphatic rings. The van der Waals surface area contributed by atoms with E-state index in [0.29, 0.717) is 13.1 Å². The second kappa shape index (κ2) is 8.61. The zero-order valence-electron chi connectivity index (χ0n) is 15.5. The SMILES string of the molecule is CCNC(=NCc1cn2ccsc2n1)N(C)Cc1csc(C(C)OC)n1. The van der Waals surface area contributed by atoms with Crippen molar-refractivity contribution in [3.63, 3.8) is 0 Å². The Morgan fingerprint density at radius 2 is 2.23 bits per heavy atom. The maximum Gasteiger partial charge on any atom is 0.194 e. The van der Waals surface area contributed by atoms with Crippen LogP contribution >= 0.6 is 22.7 Å². The molecule has 0 saturated heterocycles. The zero-order valence-corrected chi connectivity index (χ0v) is 17.1. The summed E-state index contributed by atoms with van der Waals surface area (Å²) < 4.78 is 7.36. The first kappa shape index (κ1) is 18.8. The van der Waals surface area contributed by atoms with Crippen molar-refractivity contribution in [3.8, 4) is 0 Å². The number of methoxy groups -OCH3 is 1. The van der Waals surface area contributed by atoms with Crippen LogP contribution in [0.1, 0.15) is 36.3 Å². The number of aliphatic imine (C=N–C) groups is 1. The van der Waals surface area contributed by atoms with Gasteiger partial charge in [0.15, 0.2) is 10.9 Å². The monoisotopic (exact) mass is 392 g/mol. The molecule has 26 heavy (non-hydrogen) atoms. The number of ether oxygens (including phenoxy) is 1. The molecule has 0 spiro atoms. The van der Waals surface area contributed by atoms with Crippen LogP contribution in [0.2, 0.25) is 0 Å². The number of imidazole rings is 1. The Morgan fingerprint density at radius 1 is 1.38 bits per heavy atom. The molecule has 0 amide bonds. The van der Waals surface area contributed by atoms with Gasteiger partial charge < -0.3 is 15.0 Å². The van der Waals surface area contributed by atoms with Crippen LogP contribution in [0.4, 0.5) is 0 Å². The molecular weight excluding hydrogens is 368 g/mol. The highest BCUT2D eigenvalue weighted by Gasteiger charge is 2.13. The summed E-state index contributed by atoms with van der Waals surface area (Å²) in [6.07, 6.45) is 4.06. The lowest BCUT2D eigenvalue weighted by Crippen LogP contribution is -2.38. The number of hydrogen-bond acceptors (Lipinski definition) is 6. The Hall–Kier alpha value is -1.97. The molecule has 0 aromatic carbocycles. The molecule has 9 heteroatoms. The lowest BCUT2D eigenvalue weighted by atomic mass is 10.4. The third kappa shape index (κ3) is 4.40. The van der Waals surface area contributed by atoms with Crippen LogP contribution in [0, 0.1) is 0 Å². The molecule has 3 heterocycles. The minimum atomic E-state index is 0.0238. The van der Waals surface area contributed by atoms with Crippen LogP contribution in [0.3, 0.4) is 0 Å². The summed E-state index contributed by atoms with van der Waals surface area (Å²) in [5, 5.41) is 8.44. The standard InChI is InChI=1S/C17H24N6OS2/c1-5-18-16(19-8-13-10-23-6-7-25-17(23)21-13)22(3)9-14-11-26-15(20-14)12(2)24-4/h6-7,10-12H,5,8-9H2,1-4H3,(H,18,19). The first-order valence-corrected chi connectivity index (χ1v) is 10.2. The van der Waals surface area contributed by atoms with Gasteiger partial charge in [-0.1, -0.05) is 0 Å². The molecule has 3 aromatic heterocycles. The Balaban J connectivity index is 1.67. The third-order valence-corrected chi connectivity index (χ3v) is 5.73. The normalized spacial score (nSPS) is 13.3. The van der Waals surface area contributed by atoms with Gasteiger partial charge in [0.1, 0.15) is 11.1 Å². The molecule has 3 rings (SSSR count). The van der Waals surface area contributed by atoms with Crippen LogP contribution in [-0.2, 0) is 17.8 Å². The summed E-state index contributed by atoms with van der Waals surface area (Å²) in [4.78, 5) is 17.0. The van der Waals surface area contributed by atoms with E-state index in [4.69, 9.17) is 9.73 Å². The fourth-order valence-electron chi connectivity index (χ4n) is 2.48. The van der Waals surface area contributed by atoms with Gasteiger partial charge in [0, 0.05) is 43.9 Å². The molecule has 3 aromatic rings. The van der Waals surface area contributed by atoms with Gasteiger partial charge >= 0.3 is 0 Å². The summed E-state index contributed by atoms with van der Waals surface area (Å²) in [6, 6.07) is 0. The van der Waals surface area contributed by atoms with Crippen LogP contribution in [0.25, 0.3) is 4.96 Å². The van der Waals surface area contributed by atoms with E-state index >= 15 is 0 Å². The van der Waals surface area contributed by atoms with Crippen molar-refractivity contribution >= 4 is 33.6 Å². The highest BCUT2D eigenvalue weighted by atomic mass is 32.1. The Kier molecular flexibility index (Phi) is 6.23. The van der Waals surface area contributed by atoms with Gasteiger partial charge in [0.25, 0.3) is 0 Å². The molecule has 1 unspecified atom stereocenters. The number of guanidine groups is 1. The molecule has 7 nitrogen and oxygen atoms in total. The number of nitrogens with one attached hydrogen (secondary N) is 1. The van der Waals surface area contributed by atoms with E-state index in [1.165, 1.54) is 0 Å². The predicted octanol–water partition coefficient (Wildman–Crippen LogP) is 3.16. The van der Waals surface area contributed by atoms with Crippen molar-refractivity contribution in [2.75, 3.05) is 20.7 Å². The molecule has 1 N–H and O–H groups in total. The lowest BCUT2D eigenvalue weighted by molar-refractivity contribution is 0.119. The minimum Gasteiger partial charge on any atom is -0.375 e. The molecule has 0 fully saturated rings. The van der Waals surface area contributed by atoms with Crippen molar-refractivity contribution in [2.24, 2.45) is 4.99 Å². The van der Waals surface area contributed by atoms with Crippen LogP contribution in [0.15, 0.2) is 28.1 Å². The molecular formula is C17H24N6OS2. The topological polar surface area (TPSA) is 67.0 Å². The maximum atomic E-state index is 5.34. The fourth-order valence-corrected chi connectivity index (χ4v) is 4.04. The van der Waals surface area contributed by atoms with Crippen molar-refractivity contribution in [3.05, 3.63) is 39.5 Å². The van der Waals surface area contributed by atoms with E-state index < -0.39 is 0 Å². The quantitative estimate of drug-likeness (QED) is 0.494. The van der Waals surface area contributed by atoms with Crippen molar-refractivity contribution in [1.82, 2.24) is 24.6 Å². The highest BCUT2D eigenvalue weighted by Crippen LogP contribution is 2.21. The van der Waals surface area contributed by atoms with Crippen LogP contribution in [0.5, 0.6) is 0 Å². The maximum absolute atomic E-state index is 5.34. The predicted molar refractivity (Wildman–Crippen MR) is 107 cm³/mol. The summed E-state index contributed by atoms with van der Waals surface area (Å²) in [6.45, 7) is 6.12. The van der Waals surface area contributed by atoms with Gasteiger partial charge in [-0.05, 0) is 13.8 Å². The van der Waals surface area contributed by atoms with E-state index in [9.17, 15) is 0 Å². The molecule has 0 aliphatic carbocycles. The molecule has 140 valence electrons. The molecule has 0 aliphatic heterocycles. The minimum absolute atomic E-state index is 0.0238. The first-order chi connectivity index (χ1) is 12.6. The number of fused-ring (bicyclic) bond motifs is 1. The largest absolute Gasteiger partial charge is 0.375 e. The highest BCUT2D eigenvalue weighted by molar-refractivity contribution is 7.15. The van der Waals surface area contributed by atoms with Crippen LogP contribution < -0.4 is 5.32 Å². The molecule has 0 radical (unpaired) electrons. The number of hydrogen-bond donors (Lipinski definition) is 1. The van der Waals surface area contributed by atoms with E-state index in [1.54, 1.807) is 29.8 Å². The smallest absolute Gasteiger partial charge is 0.194 e. The van der Waals surface area contributed by atoms with Crippen molar-refractivity contribution < 1.29 is 4.74 Å². The van der Waals surface area contributed by atoms with Crippen molar-refractivity contribution in [1.29, 1.82) is 0 Å².